The summed E-state index contributed by atoms with van der Waals surface area (Å²) in [5.41, 5.74) is 5.51. The Morgan fingerprint density at radius 3 is 2.56 bits per heavy atom. The van der Waals surface area contributed by atoms with Crippen LogP contribution in [-0.4, -0.2) is 58.1 Å². The molecular formula is C31H33N5O4S. The van der Waals surface area contributed by atoms with Crippen molar-refractivity contribution < 1.29 is 18.0 Å². The molecule has 0 amide bonds. The second-order valence-corrected chi connectivity index (χ2v) is 13.3. The van der Waals surface area contributed by atoms with Gasteiger partial charge in [0.2, 0.25) is 10.0 Å². The van der Waals surface area contributed by atoms with E-state index in [1.807, 2.05) is 32.0 Å². The molecule has 0 spiro atoms. The Kier molecular flexibility index (Phi) is 6.18. The first kappa shape index (κ1) is 26.2. The number of aliphatic hydroxyl groups is 1. The van der Waals surface area contributed by atoms with Gasteiger partial charge in [0.15, 0.2) is 0 Å². The number of hydrogen-bond donors (Lipinski definition) is 1. The van der Waals surface area contributed by atoms with Crippen LogP contribution < -0.4 is 4.90 Å². The molecule has 0 saturated carbocycles. The van der Waals surface area contributed by atoms with Crippen molar-refractivity contribution in [1.29, 1.82) is 0 Å². The summed E-state index contributed by atoms with van der Waals surface area (Å²) < 4.78 is 34.1. The van der Waals surface area contributed by atoms with Crippen molar-refractivity contribution in [2.75, 3.05) is 24.2 Å². The molecule has 0 radical (unpaired) electrons. The van der Waals surface area contributed by atoms with Crippen LogP contribution >= 0.6 is 0 Å². The lowest BCUT2D eigenvalue weighted by Crippen LogP contribution is -2.33. The number of anilines is 1. The molecule has 9 nitrogen and oxygen atoms in total. The van der Waals surface area contributed by atoms with Crippen molar-refractivity contribution in [1.82, 2.24) is 19.0 Å². The van der Waals surface area contributed by atoms with Gasteiger partial charge in [-0.25, -0.2) is 17.7 Å². The van der Waals surface area contributed by atoms with E-state index in [2.05, 4.69) is 57.1 Å². The summed E-state index contributed by atoms with van der Waals surface area (Å²) >= 11 is 0. The number of fused-ring (bicyclic) bond motifs is 2. The molecule has 0 aliphatic carbocycles. The largest absolute Gasteiger partial charge is 0.374 e. The van der Waals surface area contributed by atoms with Crippen molar-refractivity contribution >= 4 is 37.5 Å². The minimum Gasteiger partial charge on any atom is -0.374 e. The summed E-state index contributed by atoms with van der Waals surface area (Å²) in [5, 5.41) is 17.6. The molecule has 2 saturated heterocycles. The van der Waals surface area contributed by atoms with Gasteiger partial charge in [0.1, 0.15) is 17.8 Å². The number of aromatic nitrogens is 3. The van der Waals surface area contributed by atoms with E-state index < -0.39 is 16.3 Å². The Bertz CT molecular complexity index is 1870. The van der Waals surface area contributed by atoms with Crippen LogP contribution in [-0.2, 0) is 10.0 Å². The number of hydrogen-bond acceptors (Lipinski definition) is 7. The minimum atomic E-state index is -3.31. The maximum absolute atomic E-state index is 12.4. The average molecular weight is 572 g/mol. The van der Waals surface area contributed by atoms with E-state index >= 15 is 0 Å². The van der Waals surface area contributed by atoms with Crippen molar-refractivity contribution in [3.63, 3.8) is 0 Å². The van der Waals surface area contributed by atoms with Crippen LogP contribution in [0, 0.1) is 13.8 Å². The molecule has 1 N–H and O–H groups in total. The summed E-state index contributed by atoms with van der Waals surface area (Å²) in [7, 11) is -3.31. The lowest BCUT2D eigenvalue weighted by molar-refractivity contribution is 0.182. The molecule has 10 heteroatoms. The van der Waals surface area contributed by atoms with Crippen LogP contribution in [0.15, 0.2) is 65.2 Å². The van der Waals surface area contributed by atoms with E-state index in [0.717, 1.165) is 62.3 Å². The zero-order valence-electron chi connectivity index (χ0n) is 23.4. The standard InChI is InChI=1S/C31H33N5O4S/c1-19-30(20(2)40-33-19)22-11-12-27-25(17-22)32-31(35(27)23-15-16-34(18-23)41(3,38)39)28-13-14-29(37)36(28)26-10-6-8-21-7-4-5-9-24(21)26/h4-12,17,23,28-29,37H,13-16,18H2,1-3H3/t23-,28+,29?/m1/s1. The van der Waals surface area contributed by atoms with Gasteiger partial charge in [-0.1, -0.05) is 47.6 Å². The molecule has 2 fully saturated rings. The Balaban J connectivity index is 1.40. The molecule has 0 bridgehead atoms. The molecule has 4 heterocycles. The highest BCUT2D eigenvalue weighted by molar-refractivity contribution is 7.88. The molecule has 212 valence electrons. The SMILES string of the molecule is Cc1noc(C)c1-c1ccc2c(c1)nc([C@@H]1CCC(O)N1c1cccc3ccccc13)n2[C@@H]1CCN(S(C)(=O)=O)C1. The fraction of sp³-hybridized carbons (Fsp3) is 0.355. The molecule has 5 aromatic rings. The predicted molar refractivity (Wildman–Crippen MR) is 159 cm³/mol. The van der Waals surface area contributed by atoms with Crippen LogP contribution in [0.2, 0.25) is 0 Å². The lowest BCUT2D eigenvalue weighted by atomic mass is 10.0. The highest BCUT2D eigenvalue weighted by atomic mass is 32.2. The number of sulfonamides is 1. The molecule has 7 rings (SSSR count). The maximum atomic E-state index is 12.4. The lowest BCUT2D eigenvalue weighted by Gasteiger charge is -2.32. The van der Waals surface area contributed by atoms with Crippen molar-refractivity contribution in [2.45, 2.75) is 51.4 Å². The molecule has 2 aliphatic rings. The topological polar surface area (TPSA) is 105 Å². The Morgan fingerprint density at radius 2 is 1.80 bits per heavy atom. The molecular weight excluding hydrogens is 538 g/mol. The summed E-state index contributed by atoms with van der Waals surface area (Å²) in [6, 6.07) is 20.3. The normalized spacial score (nSPS) is 22.0. The zero-order chi connectivity index (χ0) is 28.5. The minimum absolute atomic E-state index is 0.0678. The number of aryl methyl sites for hydroxylation is 2. The molecule has 3 aromatic carbocycles. The van der Waals surface area contributed by atoms with Crippen molar-refractivity contribution in [2.24, 2.45) is 0 Å². The summed E-state index contributed by atoms with van der Waals surface area (Å²) in [4.78, 5) is 7.33. The fourth-order valence-corrected chi connectivity index (χ4v) is 7.70. The van der Waals surface area contributed by atoms with Crippen LogP contribution in [0.1, 0.15) is 48.6 Å². The summed E-state index contributed by atoms with van der Waals surface area (Å²) in [5.74, 6) is 1.60. The third kappa shape index (κ3) is 4.32. The second kappa shape index (κ2) is 9.68. The highest BCUT2D eigenvalue weighted by Crippen LogP contribution is 2.44. The molecule has 2 aromatic heterocycles. The quantitative estimate of drug-likeness (QED) is 0.304. The van der Waals surface area contributed by atoms with E-state index in [4.69, 9.17) is 9.51 Å². The van der Waals surface area contributed by atoms with Gasteiger partial charge >= 0.3 is 0 Å². The first-order chi connectivity index (χ1) is 19.7. The maximum Gasteiger partial charge on any atom is 0.211 e. The fourth-order valence-electron chi connectivity index (χ4n) is 6.82. The van der Waals surface area contributed by atoms with E-state index in [9.17, 15) is 13.5 Å². The van der Waals surface area contributed by atoms with Crippen molar-refractivity contribution in [3.05, 3.63) is 77.9 Å². The monoisotopic (exact) mass is 571 g/mol. The van der Waals surface area contributed by atoms with Crippen LogP contribution in [0.25, 0.3) is 32.9 Å². The van der Waals surface area contributed by atoms with E-state index in [0.29, 0.717) is 25.9 Å². The van der Waals surface area contributed by atoms with E-state index in [-0.39, 0.29) is 12.1 Å². The number of benzene rings is 3. The average Bonchev–Trinajstić information content (AvgIpc) is 3.73. The molecule has 41 heavy (non-hydrogen) atoms. The van der Waals surface area contributed by atoms with Crippen LogP contribution in [0.3, 0.4) is 0 Å². The van der Waals surface area contributed by atoms with Gasteiger partial charge in [0, 0.05) is 29.7 Å². The van der Waals surface area contributed by atoms with Gasteiger partial charge in [-0.15, -0.1) is 0 Å². The van der Waals surface area contributed by atoms with E-state index in [1.165, 1.54) is 6.26 Å². The Morgan fingerprint density at radius 1 is 1.00 bits per heavy atom. The van der Waals surface area contributed by atoms with Gasteiger partial charge in [0.25, 0.3) is 0 Å². The molecule has 2 aliphatic heterocycles. The Labute approximate surface area is 239 Å². The van der Waals surface area contributed by atoms with E-state index in [1.54, 1.807) is 4.31 Å². The highest BCUT2D eigenvalue weighted by Gasteiger charge is 2.40. The van der Waals surface area contributed by atoms with Gasteiger partial charge in [-0.2, -0.15) is 0 Å². The first-order valence-electron chi connectivity index (χ1n) is 14.0. The van der Waals surface area contributed by atoms with Gasteiger partial charge in [0.05, 0.1) is 35.1 Å². The smallest absolute Gasteiger partial charge is 0.211 e. The van der Waals surface area contributed by atoms with Crippen LogP contribution in [0.4, 0.5) is 5.69 Å². The third-order valence-electron chi connectivity index (χ3n) is 8.70. The van der Waals surface area contributed by atoms with Gasteiger partial charge in [-0.05, 0) is 62.3 Å². The number of imidazole rings is 1. The Hall–Kier alpha value is -3.73. The summed E-state index contributed by atoms with van der Waals surface area (Å²) in [6.07, 6.45) is 2.65. The summed E-state index contributed by atoms with van der Waals surface area (Å²) in [6.45, 7) is 4.71. The number of rotatable bonds is 5. The number of aliphatic hydroxyl groups excluding tert-OH is 1. The van der Waals surface area contributed by atoms with Gasteiger partial charge < -0.3 is 19.1 Å². The zero-order valence-corrected chi connectivity index (χ0v) is 24.2. The van der Waals surface area contributed by atoms with Crippen LogP contribution in [0.5, 0.6) is 0 Å². The molecule has 1 unspecified atom stereocenters. The molecule has 3 atom stereocenters. The van der Waals surface area contributed by atoms with Crippen molar-refractivity contribution in [3.8, 4) is 11.1 Å². The number of nitrogens with zero attached hydrogens (tertiary/aromatic N) is 5. The third-order valence-corrected chi connectivity index (χ3v) is 9.97. The first-order valence-corrected chi connectivity index (χ1v) is 15.9. The predicted octanol–water partition coefficient (Wildman–Crippen LogP) is 5.33. The second-order valence-electron chi connectivity index (χ2n) is 11.3. The van der Waals surface area contributed by atoms with Gasteiger partial charge in [-0.3, -0.25) is 0 Å².